The second kappa shape index (κ2) is 9.24. The molecule has 24 heavy (non-hydrogen) atoms. The Morgan fingerprint density at radius 1 is 1.17 bits per heavy atom. The number of carbonyl (C=O) groups is 1. The molecule has 0 saturated carbocycles. The van der Waals surface area contributed by atoms with E-state index in [4.69, 9.17) is 17.0 Å². The lowest BCUT2D eigenvalue weighted by molar-refractivity contribution is -0.123. The van der Waals surface area contributed by atoms with Gasteiger partial charge in [-0.1, -0.05) is 35.0 Å². The van der Waals surface area contributed by atoms with Crippen LogP contribution in [0.3, 0.4) is 0 Å². The third-order valence-electron chi connectivity index (χ3n) is 3.09. The lowest BCUT2D eigenvalue weighted by Gasteiger charge is -2.12. The number of hydrogen-bond donors (Lipinski definition) is 3. The number of thiocarbonyl (C=S) groups is 1. The molecule has 3 N–H and O–H groups in total. The van der Waals surface area contributed by atoms with Crippen LogP contribution in [-0.2, 0) is 11.2 Å². The Morgan fingerprint density at radius 3 is 2.62 bits per heavy atom. The molecule has 2 aromatic carbocycles. The third kappa shape index (κ3) is 6.17. The minimum absolute atomic E-state index is 0.109. The van der Waals surface area contributed by atoms with Crippen molar-refractivity contribution in [3.63, 3.8) is 0 Å². The molecule has 2 rings (SSSR count). The van der Waals surface area contributed by atoms with Crippen molar-refractivity contribution in [2.24, 2.45) is 0 Å². The van der Waals surface area contributed by atoms with E-state index in [1.54, 1.807) is 12.1 Å². The van der Waals surface area contributed by atoms with Gasteiger partial charge in [-0.2, -0.15) is 0 Å². The number of nitrogens with one attached hydrogen (secondary N) is 3. The Morgan fingerprint density at radius 2 is 1.92 bits per heavy atom. The molecule has 0 aromatic heterocycles. The van der Waals surface area contributed by atoms with Crippen LogP contribution in [0.5, 0.6) is 5.75 Å². The zero-order valence-corrected chi connectivity index (χ0v) is 15.5. The van der Waals surface area contributed by atoms with Gasteiger partial charge < -0.3 is 10.1 Å². The minimum Gasteiger partial charge on any atom is -0.484 e. The molecule has 0 spiro atoms. The highest BCUT2D eigenvalue weighted by molar-refractivity contribution is 9.10. The molecular weight excluding hydrogens is 390 g/mol. The number of hydrazine groups is 1. The Bertz CT molecular complexity index is 707. The van der Waals surface area contributed by atoms with E-state index in [1.807, 2.05) is 36.4 Å². The topological polar surface area (TPSA) is 62.4 Å². The Hall–Kier alpha value is -2.12. The summed E-state index contributed by atoms with van der Waals surface area (Å²) in [6.45, 7) is 1.98. The summed E-state index contributed by atoms with van der Waals surface area (Å²) in [4.78, 5) is 11.7. The van der Waals surface area contributed by atoms with Crippen molar-refractivity contribution in [1.82, 2.24) is 10.9 Å². The van der Waals surface area contributed by atoms with Gasteiger partial charge >= 0.3 is 0 Å². The molecule has 2 aromatic rings. The fourth-order valence-corrected chi connectivity index (χ4v) is 2.31. The summed E-state index contributed by atoms with van der Waals surface area (Å²) in [5.74, 6) is 0.287. The van der Waals surface area contributed by atoms with E-state index in [0.717, 1.165) is 16.6 Å². The molecule has 0 unspecified atom stereocenters. The molecule has 0 aliphatic rings. The van der Waals surface area contributed by atoms with Gasteiger partial charge in [0.1, 0.15) is 5.75 Å². The van der Waals surface area contributed by atoms with Crippen molar-refractivity contribution < 1.29 is 9.53 Å². The van der Waals surface area contributed by atoms with Crippen LogP contribution in [0, 0.1) is 0 Å². The van der Waals surface area contributed by atoms with Gasteiger partial charge in [0.15, 0.2) is 11.7 Å². The van der Waals surface area contributed by atoms with Crippen LogP contribution in [0.15, 0.2) is 53.0 Å². The van der Waals surface area contributed by atoms with E-state index in [-0.39, 0.29) is 12.5 Å². The van der Waals surface area contributed by atoms with Crippen molar-refractivity contribution in [2.75, 3.05) is 11.9 Å². The zero-order chi connectivity index (χ0) is 17.4. The Labute approximate surface area is 154 Å². The fourth-order valence-electron chi connectivity index (χ4n) is 1.87. The molecule has 0 atom stereocenters. The monoisotopic (exact) mass is 407 g/mol. The lowest BCUT2D eigenvalue weighted by atomic mass is 10.1. The molecule has 0 saturated heterocycles. The first-order valence-corrected chi connectivity index (χ1v) is 8.60. The number of halogens is 1. The van der Waals surface area contributed by atoms with Crippen LogP contribution in [0.25, 0.3) is 0 Å². The molecule has 0 aliphatic carbocycles. The molecule has 126 valence electrons. The zero-order valence-electron chi connectivity index (χ0n) is 13.1. The van der Waals surface area contributed by atoms with Gasteiger partial charge in [0, 0.05) is 10.2 Å². The van der Waals surface area contributed by atoms with Gasteiger partial charge in [0.2, 0.25) is 0 Å². The predicted octanol–water partition coefficient (Wildman–Crippen LogP) is 3.41. The first kappa shape index (κ1) is 18.2. The molecule has 1 amide bonds. The van der Waals surface area contributed by atoms with E-state index >= 15 is 0 Å². The maximum Gasteiger partial charge on any atom is 0.276 e. The number of aryl methyl sites for hydroxylation is 1. The second-order valence-electron chi connectivity index (χ2n) is 4.92. The standard InChI is InChI=1S/C17H18BrN3O2S/c1-2-12-4-3-5-14(10-12)19-17(24)21-20-16(22)11-23-15-8-6-13(18)7-9-15/h3-10H,2,11H2,1H3,(H,20,22)(H2,19,21,24). The van der Waals surface area contributed by atoms with E-state index in [2.05, 4.69) is 39.0 Å². The third-order valence-corrected chi connectivity index (χ3v) is 3.82. The molecule has 0 fully saturated rings. The first-order chi connectivity index (χ1) is 11.6. The Balaban J connectivity index is 1.72. The van der Waals surface area contributed by atoms with Gasteiger partial charge in [-0.25, -0.2) is 0 Å². The number of carbonyl (C=O) groups excluding carboxylic acids is 1. The number of benzene rings is 2. The molecule has 5 nitrogen and oxygen atoms in total. The van der Waals surface area contributed by atoms with Gasteiger partial charge in [-0.05, 0) is 60.6 Å². The summed E-state index contributed by atoms with van der Waals surface area (Å²) in [5.41, 5.74) is 7.20. The number of rotatable bonds is 5. The quantitative estimate of drug-likeness (QED) is 0.523. The minimum atomic E-state index is -0.329. The molecular formula is C17H18BrN3O2S. The van der Waals surface area contributed by atoms with E-state index in [9.17, 15) is 4.79 Å². The molecule has 0 bridgehead atoms. The van der Waals surface area contributed by atoms with Crippen molar-refractivity contribution in [2.45, 2.75) is 13.3 Å². The van der Waals surface area contributed by atoms with Crippen LogP contribution in [0.4, 0.5) is 5.69 Å². The first-order valence-electron chi connectivity index (χ1n) is 7.40. The molecule has 0 aliphatic heterocycles. The van der Waals surface area contributed by atoms with Crippen LogP contribution in [0.1, 0.15) is 12.5 Å². The normalized spacial score (nSPS) is 9.92. The number of amides is 1. The Kier molecular flexibility index (Phi) is 7.02. The van der Waals surface area contributed by atoms with Crippen molar-refractivity contribution in [1.29, 1.82) is 0 Å². The summed E-state index contributed by atoms with van der Waals surface area (Å²) in [5, 5.41) is 3.32. The van der Waals surface area contributed by atoms with Gasteiger partial charge in [0.05, 0.1) is 0 Å². The van der Waals surface area contributed by atoms with Gasteiger partial charge in [-0.3, -0.25) is 15.6 Å². The van der Waals surface area contributed by atoms with Crippen LogP contribution in [-0.4, -0.2) is 17.6 Å². The van der Waals surface area contributed by atoms with Crippen molar-refractivity contribution in [3.05, 3.63) is 58.6 Å². The summed E-state index contributed by atoms with van der Waals surface area (Å²) in [7, 11) is 0. The van der Waals surface area contributed by atoms with Crippen molar-refractivity contribution in [3.8, 4) is 5.75 Å². The van der Waals surface area contributed by atoms with Crippen LogP contribution < -0.4 is 20.9 Å². The van der Waals surface area contributed by atoms with E-state index < -0.39 is 0 Å². The highest BCUT2D eigenvalue weighted by Gasteiger charge is 2.04. The van der Waals surface area contributed by atoms with Gasteiger partial charge in [-0.15, -0.1) is 0 Å². The molecule has 0 radical (unpaired) electrons. The van der Waals surface area contributed by atoms with E-state index in [0.29, 0.717) is 10.9 Å². The summed E-state index contributed by atoms with van der Waals surface area (Å²) in [6, 6.07) is 15.1. The van der Waals surface area contributed by atoms with Gasteiger partial charge in [0.25, 0.3) is 5.91 Å². The highest BCUT2D eigenvalue weighted by Crippen LogP contribution is 2.15. The number of hydrogen-bond acceptors (Lipinski definition) is 3. The van der Waals surface area contributed by atoms with Crippen LogP contribution >= 0.6 is 28.1 Å². The average molecular weight is 408 g/mol. The SMILES string of the molecule is CCc1cccc(NC(=S)NNC(=O)COc2ccc(Br)cc2)c1. The second-order valence-corrected chi connectivity index (χ2v) is 6.25. The number of ether oxygens (including phenoxy) is 1. The smallest absolute Gasteiger partial charge is 0.276 e. The van der Waals surface area contributed by atoms with Crippen molar-refractivity contribution >= 4 is 44.9 Å². The predicted molar refractivity (Wildman–Crippen MR) is 103 cm³/mol. The molecule has 7 heteroatoms. The average Bonchev–Trinajstić information content (AvgIpc) is 2.59. The summed E-state index contributed by atoms with van der Waals surface area (Å²) in [6.07, 6.45) is 0.944. The van der Waals surface area contributed by atoms with Crippen LogP contribution in [0.2, 0.25) is 0 Å². The maximum atomic E-state index is 11.7. The lowest BCUT2D eigenvalue weighted by Crippen LogP contribution is -2.45. The number of anilines is 1. The summed E-state index contributed by atoms with van der Waals surface area (Å²) < 4.78 is 6.32. The maximum absolute atomic E-state index is 11.7. The highest BCUT2D eigenvalue weighted by atomic mass is 79.9. The van der Waals surface area contributed by atoms with E-state index in [1.165, 1.54) is 5.56 Å². The fraction of sp³-hybridized carbons (Fsp3) is 0.176. The largest absolute Gasteiger partial charge is 0.484 e. The molecule has 0 heterocycles. The summed E-state index contributed by atoms with van der Waals surface area (Å²) >= 11 is 8.48.